The maximum atomic E-state index is 12.4. The summed E-state index contributed by atoms with van der Waals surface area (Å²) in [5.41, 5.74) is 1.86. The van der Waals surface area contributed by atoms with Gasteiger partial charge in [0.25, 0.3) is 0 Å². The molecular weight excluding hydrogens is 364 g/mol. The molecule has 0 aliphatic rings. The van der Waals surface area contributed by atoms with Crippen LogP contribution in [0.15, 0.2) is 54.6 Å². The number of nitrogens with one attached hydrogen (secondary N) is 1. The van der Waals surface area contributed by atoms with Gasteiger partial charge in [0.2, 0.25) is 15.9 Å². The SMILES string of the molecule is COc1ccccc1[C@H](C)NC(=O)CN(CCc1ccccc1)S(C)(=O)=O. The number of hydrogen-bond acceptors (Lipinski definition) is 4. The Morgan fingerprint density at radius 1 is 1.11 bits per heavy atom. The van der Waals surface area contributed by atoms with Gasteiger partial charge in [-0.25, -0.2) is 8.42 Å². The minimum absolute atomic E-state index is 0.217. The van der Waals surface area contributed by atoms with Gasteiger partial charge in [-0.2, -0.15) is 4.31 Å². The molecule has 0 saturated heterocycles. The van der Waals surface area contributed by atoms with Crippen molar-refractivity contribution >= 4 is 15.9 Å². The van der Waals surface area contributed by atoms with Crippen LogP contribution in [-0.2, 0) is 21.2 Å². The Hall–Kier alpha value is -2.38. The summed E-state index contributed by atoms with van der Waals surface area (Å²) in [4.78, 5) is 12.4. The second-order valence-corrected chi connectivity index (χ2v) is 8.35. The molecule has 2 rings (SSSR count). The molecule has 1 atom stereocenters. The van der Waals surface area contributed by atoms with Crippen molar-refractivity contribution in [2.24, 2.45) is 0 Å². The largest absolute Gasteiger partial charge is 0.496 e. The number of methoxy groups -OCH3 is 1. The lowest BCUT2D eigenvalue weighted by Crippen LogP contribution is -2.41. The van der Waals surface area contributed by atoms with Gasteiger partial charge >= 0.3 is 0 Å². The third kappa shape index (κ3) is 6.37. The molecule has 0 bridgehead atoms. The summed E-state index contributed by atoms with van der Waals surface area (Å²) in [5.74, 6) is 0.321. The fraction of sp³-hybridized carbons (Fsp3) is 0.350. The number of para-hydroxylation sites is 1. The van der Waals surface area contributed by atoms with Crippen LogP contribution in [0.1, 0.15) is 24.1 Å². The maximum absolute atomic E-state index is 12.4. The van der Waals surface area contributed by atoms with E-state index in [4.69, 9.17) is 4.74 Å². The number of rotatable bonds is 9. The number of carbonyl (C=O) groups excluding carboxylic acids is 1. The Morgan fingerprint density at radius 3 is 2.37 bits per heavy atom. The van der Waals surface area contributed by atoms with Crippen LogP contribution in [-0.4, -0.2) is 45.1 Å². The van der Waals surface area contributed by atoms with Gasteiger partial charge in [-0.1, -0.05) is 48.5 Å². The molecular formula is C20H26N2O4S. The van der Waals surface area contributed by atoms with Gasteiger partial charge in [-0.05, 0) is 25.0 Å². The third-order valence-corrected chi connectivity index (χ3v) is 5.51. The summed E-state index contributed by atoms with van der Waals surface area (Å²) < 4.78 is 30.7. The average molecular weight is 391 g/mol. The Labute approximate surface area is 161 Å². The van der Waals surface area contributed by atoms with E-state index >= 15 is 0 Å². The summed E-state index contributed by atoms with van der Waals surface area (Å²) >= 11 is 0. The monoisotopic (exact) mass is 390 g/mol. The van der Waals surface area contributed by atoms with E-state index in [1.807, 2.05) is 61.5 Å². The minimum atomic E-state index is -3.50. The highest BCUT2D eigenvalue weighted by atomic mass is 32.2. The van der Waals surface area contributed by atoms with Gasteiger partial charge in [0.1, 0.15) is 5.75 Å². The van der Waals surface area contributed by atoms with E-state index in [1.54, 1.807) is 7.11 Å². The van der Waals surface area contributed by atoms with E-state index in [0.717, 1.165) is 17.4 Å². The second kappa shape index (κ2) is 9.53. The van der Waals surface area contributed by atoms with E-state index < -0.39 is 10.0 Å². The van der Waals surface area contributed by atoms with Crippen LogP contribution in [0.25, 0.3) is 0 Å². The fourth-order valence-corrected chi connectivity index (χ4v) is 3.58. The molecule has 27 heavy (non-hydrogen) atoms. The van der Waals surface area contributed by atoms with E-state index in [1.165, 1.54) is 4.31 Å². The van der Waals surface area contributed by atoms with Crippen molar-refractivity contribution in [2.75, 3.05) is 26.5 Å². The first-order chi connectivity index (χ1) is 12.8. The van der Waals surface area contributed by atoms with Crippen molar-refractivity contribution < 1.29 is 17.9 Å². The van der Waals surface area contributed by atoms with E-state index in [-0.39, 0.29) is 25.0 Å². The zero-order valence-corrected chi connectivity index (χ0v) is 16.7. The highest BCUT2D eigenvalue weighted by molar-refractivity contribution is 7.88. The molecule has 2 aromatic carbocycles. The summed E-state index contributed by atoms with van der Waals surface area (Å²) in [6, 6.07) is 16.7. The van der Waals surface area contributed by atoms with Crippen molar-refractivity contribution in [1.82, 2.24) is 9.62 Å². The molecule has 1 amide bonds. The molecule has 0 radical (unpaired) electrons. The Balaban J connectivity index is 2.01. The van der Waals surface area contributed by atoms with Crippen LogP contribution in [0.4, 0.5) is 0 Å². The zero-order chi connectivity index (χ0) is 19.9. The quantitative estimate of drug-likeness (QED) is 0.713. The standard InChI is InChI=1S/C20H26N2O4S/c1-16(18-11-7-8-12-19(18)26-2)21-20(23)15-22(27(3,24)25)14-13-17-9-5-4-6-10-17/h4-12,16H,13-15H2,1-3H3,(H,21,23)/t16-/m0/s1. The van der Waals surface area contributed by atoms with Crippen molar-refractivity contribution in [1.29, 1.82) is 0 Å². The number of hydrogen-bond donors (Lipinski definition) is 1. The first-order valence-electron chi connectivity index (χ1n) is 8.72. The second-order valence-electron chi connectivity index (χ2n) is 6.36. The molecule has 0 spiro atoms. The van der Waals surface area contributed by atoms with Crippen LogP contribution in [0, 0.1) is 0 Å². The third-order valence-electron chi connectivity index (χ3n) is 4.26. The first-order valence-corrected chi connectivity index (χ1v) is 10.6. The lowest BCUT2D eigenvalue weighted by atomic mass is 10.1. The van der Waals surface area contributed by atoms with Crippen LogP contribution in [0.2, 0.25) is 0 Å². The fourth-order valence-electron chi connectivity index (χ4n) is 2.81. The smallest absolute Gasteiger partial charge is 0.235 e. The van der Waals surface area contributed by atoms with Crippen molar-refractivity contribution in [2.45, 2.75) is 19.4 Å². The molecule has 0 saturated carbocycles. The molecule has 2 aromatic rings. The average Bonchev–Trinajstić information content (AvgIpc) is 2.64. The van der Waals surface area contributed by atoms with E-state index in [9.17, 15) is 13.2 Å². The van der Waals surface area contributed by atoms with Crippen molar-refractivity contribution in [3.05, 3.63) is 65.7 Å². The molecule has 146 valence electrons. The molecule has 0 aromatic heterocycles. The van der Waals surface area contributed by atoms with E-state index in [0.29, 0.717) is 12.2 Å². The highest BCUT2D eigenvalue weighted by Crippen LogP contribution is 2.24. The summed E-state index contributed by atoms with van der Waals surface area (Å²) in [7, 11) is -1.92. The van der Waals surface area contributed by atoms with Crippen LogP contribution < -0.4 is 10.1 Å². The minimum Gasteiger partial charge on any atom is -0.496 e. The van der Waals surface area contributed by atoms with Gasteiger partial charge in [-0.15, -0.1) is 0 Å². The predicted octanol–water partition coefficient (Wildman–Crippen LogP) is 2.38. The summed E-state index contributed by atoms with van der Waals surface area (Å²) in [5, 5.41) is 2.85. The molecule has 0 aliphatic carbocycles. The first kappa shape index (κ1) is 20.9. The van der Waals surface area contributed by atoms with Gasteiger partial charge in [0.05, 0.1) is 26.0 Å². The molecule has 7 heteroatoms. The normalized spacial score (nSPS) is 12.6. The summed E-state index contributed by atoms with van der Waals surface area (Å²) in [6.45, 7) is 1.87. The number of benzene rings is 2. The number of sulfonamides is 1. The van der Waals surface area contributed by atoms with Gasteiger partial charge in [-0.3, -0.25) is 4.79 Å². The number of ether oxygens (including phenoxy) is 1. The van der Waals surface area contributed by atoms with Crippen LogP contribution in [0.5, 0.6) is 5.75 Å². The maximum Gasteiger partial charge on any atom is 0.235 e. The lowest BCUT2D eigenvalue weighted by molar-refractivity contribution is -0.121. The molecule has 6 nitrogen and oxygen atoms in total. The molecule has 1 N–H and O–H groups in total. The zero-order valence-electron chi connectivity index (χ0n) is 15.9. The van der Waals surface area contributed by atoms with Crippen LogP contribution >= 0.6 is 0 Å². The van der Waals surface area contributed by atoms with Gasteiger partial charge in [0.15, 0.2) is 0 Å². The van der Waals surface area contributed by atoms with Gasteiger partial charge < -0.3 is 10.1 Å². The Kier molecular flexibility index (Phi) is 7.38. The number of carbonyl (C=O) groups is 1. The Morgan fingerprint density at radius 2 is 1.74 bits per heavy atom. The summed E-state index contributed by atoms with van der Waals surface area (Å²) in [6.07, 6.45) is 1.66. The highest BCUT2D eigenvalue weighted by Gasteiger charge is 2.21. The number of nitrogens with zero attached hydrogens (tertiary/aromatic N) is 1. The molecule has 0 aliphatic heterocycles. The van der Waals surface area contributed by atoms with Crippen molar-refractivity contribution in [3.63, 3.8) is 0 Å². The van der Waals surface area contributed by atoms with Crippen molar-refractivity contribution in [3.8, 4) is 5.75 Å². The number of amides is 1. The Bertz CT molecular complexity index is 853. The predicted molar refractivity (Wildman–Crippen MR) is 106 cm³/mol. The molecule has 0 fully saturated rings. The lowest BCUT2D eigenvalue weighted by Gasteiger charge is -2.22. The van der Waals surface area contributed by atoms with Gasteiger partial charge in [0, 0.05) is 12.1 Å². The molecule has 0 unspecified atom stereocenters. The van der Waals surface area contributed by atoms with E-state index in [2.05, 4.69) is 5.32 Å². The topological polar surface area (TPSA) is 75.7 Å². The molecule has 0 heterocycles. The van der Waals surface area contributed by atoms with Crippen LogP contribution in [0.3, 0.4) is 0 Å².